The minimum absolute atomic E-state index is 0.0229. The maximum atomic E-state index is 13.0. The van der Waals surface area contributed by atoms with Crippen LogP contribution in [0, 0.1) is 0 Å². The van der Waals surface area contributed by atoms with Crippen molar-refractivity contribution in [1.82, 2.24) is 20.0 Å². The lowest BCUT2D eigenvalue weighted by molar-refractivity contribution is -0.253. The van der Waals surface area contributed by atoms with Crippen LogP contribution in [0.5, 0.6) is 0 Å². The second kappa shape index (κ2) is 15.0. The van der Waals surface area contributed by atoms with Crippen molar-refractivity contribution in [2.45, 2.75) is 94.9 Å². The van der Waals surface area contributed by atoms with Crippen LogP contribution in [-0.2, 0) is 32.2 Å². The second-order valence-electron chi connectivity index (χ2n) is 13.3. The summed E-state index contributed by atoms with van der Waals surface area (Å²) < 4.78 is 52.1. The molecule has 0 spiro atoms. The number of carbonyl (C=O) groups excluding carboxylic acids is 2. The van der Waals surface area contributed by atoms with Gasteiger partial charge in [0.05, 0.1) is 18.8 Å². The maximum absolute atomic E-state index is 13.0. The lowest BCUT2D eigenvalue weighted by Gasteiger charge is -2.39. The standard InChI is InChI=1S/C35H45F3N4O5/c36-35(37,38)34(45)42-18-4-6-30(42)32(44)39-20-24-7-13-27(14-8-24)33-46-29(19-31(47-33)26-11-9-25(23-43)10-12-26)22-41-17-3-5-28(41)21-40-15-1-2-16-40/h7-14,28-31,33,43H,1-6,15-23H2,(H,39,44)/t28-,29-,30-,31+,33+/m0/s1. The van der Waals surface area contributed by atoms with Gasteiger partial charge in [0.15, 0.2) is 6.29 Å². The predicted molar refractivity (Wildman–Crippen MR) is 168 cm³/mol. The lowest BCUT2D eigenvalue weighted by atomic mass is 9.99. The lowest BCUT2D eigenvalue weighted by Crippen LogP contribution is -2.50. The zero-order valence-corrected chi connectivity index (χ0v) is 26.7. The first-order valence-electron chi connectivity index (χ1n) is 16.9. The quantitative estimate of drug-likeness (QED) is 0.390. The summed E-state index contributed by atoms with van der Waals surface area (Å²) in [6, 6.07) is 14.7. The zero-order chi connectivity index (χ0) is 33.0. The minimum Gasteiger partial charge on any atom is -0.392 e. The van der Waals surface area contributed by atoms with Crippen LogP contribution in [0.15, 0.2) is 48.5 Å². The Hall–Kier alpha value is -3.03. The van der Waals surface area contributed by atoms with Gasteiger partial charge in [-0.25, -0.2) is 0 Å². The monoisotopic (exact) mass is 658 g/mol. The van der Waals surface area contributed by atoms with E-state index in [1.54, 1.807) is 0 Å². The van der Waals surface area contributed by atoms with Crippen LogP contribution in [0.25, 0.3) is 0 Å². The van der Waals surface area contributed by atoms with Gasteiger partial charge in [-0.1, -0.05) is 48.5 Å². The summed E-state index contributed by atoms with van der Waals surface area (Å²) in [6.45, 7) is 5.36. The summed E-state index contributed by atoms with van der Waals surface area (Å²) in [5, 5.41) is 12.2. The van der Waals surface area contributed by atoms with Crippen molar-refractivity contribution >= 4 is 11.8 Å². The number of nitrogens with one attached hydrogen (secondary N) is 1. The van der Waals surface area contributed by atoms with Crippen molar-refractivity contribution in [3.63, 3.8) is 0 Å². The largest absolute Gasteiger partial charge is 0.471 e. The molecule has 4 fully saturated rings. The van der Waals surface area contributed by atoms with Gasteiger partial charge in [0, 0.05) is 44.2 Å². The van der Waals surface area contributed by atoms with E-state index in [0.717, 1.165) is 41.9 Å². The van der Waals surface area contributed by atoms with Crippen LogP contribution in [0.3, 0.4) is 0 Å². The molecule has 0 aromatic heterocycles. The number of halogens is 3. The van der Waals surface area contributed by atoms with Gasteiger partial charge >= 0.3 is 12.1 Å². The van der Waals surface area contributed by atoms with Crippen LogP contribution in [0.2, 0.25) is 0 Å². The van der Waals surface area contributed by atoms with Crippen molar-refractivity contribution in [1.29, 1.82) is 0 Å². The van der Waals surface area contributed by atoms with Gasteiger partial charge in [0.1, 0.15) is 6.04 Å². The van der Waals surface area contributed by atoms with Gasteiger partial charge in [0.2, 0.25) is 5.91 Å². The molecule has 0 unspecified atom stereocenters. The van der Waals surface area contributed by atoms with Crippen LogP contribution in [-0.4, -0.2) is 95.3 Å². The Bertz CT molecular complexity index is 1350. The highest BCUT2D eigenvalue weighted by Crippen LogP contribution is 2.39. The molecule has 2 aromatic carbocycles. The third-order valence-corrected chi connectivity index (χ3v) is 10.00. The molecule has 6 rings (SSSR count). The Morgan fingerprint density at radius 3 is 2.21 bits per heavy atom. The Morgan fingerprint density at radius 2 is 1.51 bits per heavy atom. The van der Waals surface area contributed by atoms with Crippen molar-refractivity contribution in [3.8, 4) is 0 Å². The van der Waals surface area contributed by atoms with Gasteiger partial charge in [-0.2, -0.15) is 13.2 Å². The first-order chi connectivity index (χ1) is 22.7. The number of likely N-dealkylation sites (tertiary alicyclic amines) is 3. The predicted octanol–water partition coefficient (Wildman–Crippen LogP) is 4.45. The van der Waals surface area contributed by atoms with E-state index in [0.29, 0.717) is 23.8 Å². The molecule has 4 saturated heterocycles. The molecule has 0 saturated carbocycles. The van der Waals surface area contributed by atoms with Gasteiger partial charge < -0.3 is 29.7 Å². The van der Waals surface area contributed by atoms with Crippen LogP contribution in [0.4, 0.5) is 13.2 Å². The summed E-state index contributed by atoms with van der Waals surface area (Å²) in [7, 11) is 0. The average Bonchev–Trinajstić information content (AvgIpc) is 3.87. The Kier molecular flexibility index (Phi) is 10.8. The SMILES string of the molecule is O=C(NCc1ccc([C@@H]2O[C@H](CN3CCC[C@H]3CN3CCCC3)C[C@H](c3ccc(CO)cc3)O2)cc1)[C@@H]1CCCN1C(=O)C(F)(F)F. The van der Waals surface area contributed by atoms with Crippen LogP contribution >= 0.6 is 0 Å². The number of alkyl halides is 3. The summed E-state index contributed by atoms with van der Waals surface area (Å²) in [6.07, 6.45) is 0.334. The third-order valence-electron chi connectivity index (χ3n) is 10.00. The number of aliphatic hydroxyl groups is 1. The fourth-order valence-electron chi connectivity index (χ4n) is 7.44. The molecule has 2 N–H and O–H groups in total. The minimum atomic E-state index is -5.01. The van der Waals surface area contributed by atoms with Crippen LogP contribution in [0.1, 0.15) is 79.6 Å². The second-order valence-corrected chi connectivity index (χ2v) is 13.3. The molecule has 4 aliphatic rings. The molecule has 256 valence electrons. The number of nitrogens with zero attached hydrogens (tertiary/aromatic N) is 3. The molecular formula is C35H45F3N4O5. The number of carbonyl (C=O) groups is 2. The summed E-state index contributed by atoms with van der Waals surface area (Å²) in [5.74, 6) is -2.56. The Balaban J connectivity index is 1.11. The smallest absolute Gasteiger partial charge is 0.392 e. The fourth-order valence-corrected chi connectivity index (χ4v) is 7.44. The fraction of sp³-hybridized carbons (Fsp3) is 0.600. The molecule has 5 atom stereocenters. The van der Waals surface area contributed by atoms with Crippen LogP contribution < -0.4 is 5.32 Å². The molecule has 47 heavy (non-hydrogen) atoms. The maximum Gasteiger partial charge on any atom is 0.471 e. The number of hydrogen-bond donors (Lipinski definition) is 2. The van der Waals surface area contributed by atoms with E-state index in [4.69, 9.17) is 9.47 Å². The van der Waals surface area contributed by atoms with Gasteiger partial charge in [-0.15, -0.1) is 0 Å². The normalized spacial score (nSPS) is 27.4. The zero-order valence-electron chi connectivity index (χ0n) is 26.7. The number of aliphatic hydroxyl groups excluding tert-OH is 1. The highest BCUT2D eigenvalue weighted by Gasteiger charge is 2.47. The van der Waals surface area contributed by atoms with Gasteiger partial charge in [0.25, 0.3) is 0 Å². The Morgan fingerprint density at radius 1 is 0.830 bits per heavy atom. The number of benzene rings is 2. The molecule has 4 aliphatic heterocycles. The van der Waals surface area contributed by atoms with Crippen molar-refractivity contribution in [3.05, 3.63) is 70.8 Å². The van der Waals surface area contributed by atoms with Crippen molar-refractivity contribution in [2.24, 2.45) is 0 Å². The molecule has 12 heteroatoms. The molecule has 2 aromatic rings. The molecule has 4 heterocycles. The third kappa shape index (κ3) is 8.34. The summed E-state index contributed by atoms with van der Waals surface area (Å²) in [4.78, 5) is 30.3. The number of amides is 2. The Labute approximate surface area is 274 Å². The topological polar surface area (TPSA) is 94.6 Å². The first kappa shape index (κ1) is 33.9. The number of hydrogen-bond acceptors (Lipinski definition) is 7. The van der Waals surface area contributed by atoms with E-state index < -0.39 is 30.3 Å². The molecular weight excluding hydrogens is 613 g/mol. The summed E-state index contributed by atoms with van der Waals surface area (Å²) in [5.41, 5.74) is 3.46. The highest BCUT2D eigenvalue weighted by atomic mass is 19.4. The molecule has 2 amide bonds. The highest BCUT2D eigenvalue weighted by molar-refractivity contribution is 5.90. The summed E-state index contributed by atoms with van der Waals surface area (Å²) >= 11 is 0. The van der Waals surface area contributed by atoms with Gasteiger partial charge in [-0.3, -0.25) is 14.5 Å². The van der Waals surface area contributed by atoms with Gasteiger partial charge in [-0.05, 0) is 74.8 Å². The van der Waals surface area contributed by atoms with E-state index in [9.17, 15) is 27.9 Å². The average molecular weight is 659 g/mol. The van der Waals surface area contributed by atoms with E-state index >= 15 is 0 Å². The van der Waals surface area contributed by atoms with E-state index in [1.165, 1.54) is 38.8 Å². The molecule has 9 nitrogen and oxygen atoms in total. The number of ether oxygens (including phenoxy) is 2. The van der Waals surface area contributed by atoms with E-state index in [1.807, 2.05) is 48.5 Å². The van der Waals surface area contributed by atoms with Crippen molar-refractivity contribution < 1.29 is 37.3 Å². The molecule has 0 bridgehead atoms. The molecule has 0 radical (unpaired) electrons. The number of rotatable bonds is 10. The van der Waals surface area contributed by atoms with Crippen molar-refractivity contribution in [2.75, 3.05) is 39.3 Å². The van der Waals surface area contributed by atoms with E-state index in [2.05, 4.69) is 15.1 Å². The van der Waals surface area contributed by atoms with E-state index in [-0.39, 0.29) is 38.3 Å². The first-order valence-corrected chi connectivity index (χ1v) is 16.9. The molecule has 0 aliphatic carbocycles.